The van der Waals surface area contributed by atoms with Gasteiger partial charge < -0.3 is 5.32 Å². The van der Waals surface area contributed by atoms with Crippen LogP contribution in [0.25, 0.3) is 0 Å². The predicted molar refractivity (Wildman–Crippen MR) is 86.7 cm³/mol. The van der Waals surface area contributed by atoms with Crippen LogP contribution in [0.15, 0.2) is 11.4 Å². The molecule has 2 rings (SSSR count). The first-order valence-corrected chi connectivity index (χ1v) is 7.14. The zero-order valence-corrected chi connectivity index (χ0v) is 12.7. The summed E-state index contributed by atoms with van der Waals surface area (Å²) in [6, 6.07) is 2.18. The van der Waals surface area contributed by atoms with Crippen LogP contribution in [0.3, 0.4) is 0 Å². The highest BCUT2D eigenvalue weighted by molar-refractivity contribution is 7.10. The Morgan fingerprint density at radius 3 is 2.48 bits per heavy atom. The maximum Gasteiger partial charge on any atom is 0.234 e. The molecule has 2 heterocycles. The molecule has 0 bridgehead atoms. The van der Waals surface area contributed by atoms with Crippen molar-refractivity contribution in [2.75, 3.05) is 10.6 Å². The van der Waals surface area contributed by atoms with E-state index >= 15 is 0 Å². The molecule has 0 aromatic carbocycles. The van der Waals surface area contributed by atoms with Crippen LogP contribution in [0.5, 0.6) is 0 Å². The SMILES string of the molecule is C.CC(=O)Nc1nc(C)nc(NC(C)c2sccc2C)n1. The number of thiophene rings is 1. The highest BCUT2D eigenvalue weighted by Gasteiger charge is 2.12. The van der Waals surface area contributed by atoms with Crippen LogP contribution in [0.2, 0.25) is 0 Å². The van der Waals surface area contributed by atoms with Gasteiger partial charge in [-0.1, -0.05) is 7.43 Å². The van der Waals surface area contributed by atoms with Gasteiger partial charge in [-0.3, -0.25) is 10.1 Å². The number of nitrogens with one attached hydrogen (secondary N) is 2. The summed E-state index contributed by atoms with van der Waals surface area (Å²) in [7, 11) is 0. The third-order valence-electron chi connectivity index (χ3n) is 2.68. The molecule has 21 heavy (non-hydrogen) atoms. The molecule has 0 spiro atoms. The molecule has 6 nitrogen and oxygen atoms in total. The number of aromatic nitrogens is 3. The zero-order chi connectivity index (χ0) is 14.7. The van der Waals surface area contributed by atoms with Crippen molar-refractivity contribution in [2.45, 2.75) is 41.2 Å². The Morgan fingerprint density at radius 1 is 1.24 bits per heavy atom. The number of aryl methyl sites for hydroxylation is 2. The summed E-state index contributed by atoms with van der Waals surface area (Å²) in [4.78, 5) is 24.8. The Bertz CT molecular complexity index is 626. The summed E-state index contributed by atoms with van der Waals surface area (Å²) in [5, 5.41) is 7.86. The van der Waals surface area contributed by atoms with E-state index in [4.69, 9.17) is 0 Å². The number of hydrogen-bond acceptors (Lipinski definition) is 6. The quantitative estimate of drug-likeness (QED) is 0.905. The molecule has 0 aliphatic heterocycles. The summed E-state index contributed by atoms with van der Waals surface area (Å²) < 4.78 is 0. The summed E-state index contributed by atoms with van der Waals surface area (Å²) in [5.41, 5.74) is 1.24. The second-order valence-electron chi connectivity index (χ2n) is 4.54. The van der Waals surface area contributed by atoms with Crippen LogP contribution in [-0.2, 0) is 4.79 Å². The molecule has 2 N–H and O–H groups in total. The van der Waals surface area contributed by atoms with E-state index in [0.29, 0.717) is 11.8 Å². The van der Waals surface area contributed by atoms with Crippen LogP contribution >= 0.6 is 11.3 Å². The van der Waals surface area contributed by atoms with E-state index in [0.717, 1.165) is 0 Å². The molecule has 0 radical (unpaired) electrons. The number of amides is 1. The second kappa shape index (κ2) is 7.12. The molecule has 0 aliphatic rings. The van der Waals surface area contributed by atoms with Gasteiger partial charge in [-0.2, -0.15) is 15.0 Å². The van der Waals surface area contributed by atoms with Crippen molar-refractivity contribution in [3.8, 4) is 0 Å². The average molecular weight is 307 g/mol. The number of nitrogens with zero attached hydrogens (tertiary/aromatic N) is 3. The Hall–Kier alpha value is -2.02. The predicted octanol–water partition coefficient (Wildman–Crippen LogP) is 3.32. The lowest BCUT2D eigenvalue weighted by Gasteiger charge is -2.14. The minimum atomic E-state index is -0.205. The molecule has 1 amide bonds. The highest BCUT2D eigenvalue weighted by atomic mass is 32.1. The zero-order valence-electron chi connectivity index (χ0n) is 11.9. The standard InChI is InChI=1S/C13H17N5OS.CH4/c1-7-5-6-20-11(7)8(2)14-12-15-9(3)16-13(18-12)17-10(4)19;/h5-6,8H,1-4H3,(H2,14,15,16,17,18,19);1H4. The fraction of sp³-hybridized carbons (Fsp3) is 0.429. The van der Waals surface area contributed by atoms with E-state index in [1.54, 1.807) is 18.3 Å². The fourth-order valence-corrected chi connectivity index (χ4v) is 2.78. The Labute approximate surface area is 129 Å². The molecule has 2 aromatic heterocycles. The fourth-order valence-electron chi connectivity index (χ4n) is 1.85. The van der Waals surface area contributed by atoms with Crippen LogP contribution in [0.1, 0.15) is 43.6 Å². The van der Waals surface area contributed by atoms with Gasteiger partial charge in [-0.05, 0) is 37.8 Å². The first-order valence-electron chi connectivity index (χ1n) is 6.26. The van der Waals surface area contributed by atoms with Crippen molar-refractivity contribution < 1.29 is 4.79 Å². The van der Waals surface area contributed by atoms with E-state index < -0.39 is 0 Å². The molecule has 0 saturated carbocycles. The molecule has 1 atom stereocenters. The molecular weight excluding hydrogens is 286 g/mol. The number of hydrogen-bond donors (Lipinski definition) is 2. The van der Waals surface area contributed by atoms with E-state index in [2.05, 4.69) is 50.9 Å². The van der Waals surface area contributed by atoms with E-state index in [1.807, 2.05) is 0 Å². The van der Waals surface area contributed by atoms with Crippen molar-refractivity contribution in [3.05, 3.63) is 27.7 Å². The average Bonchev–Trinajstić information content (AvgIpc) is 2.73. The molecule has 0 aliphatic carbocycles. The first kappa shape index (κ1) is 17.0. The van der Waals surface area contributed by atoms with E-state index in [-0.39, 0.29) is 25.3 Å². The minimum absolute atomic E-state index is 0. The Morgan fingerprint density at radius 2 is 1.90 bits per heavy atom. The number of rotatable bonds is 4. The van der Waals surface area contributed by atoms with Gasteiger partial charge >= 0.3 is 0 Å². The van der Waals surface area contributed by atoms with E-state index in [1.165, 1.54) is 17.4 Å². The van der Waals surface area contributed by atoms with Gasteiger partial charge in [0.1, 0.15) is 5.82 Å². The maximum absolute atomic E-state index is 11.1. The third-order valence-corrected chi connectivity index (χ3v) is 3.88. The van der Waals surface area contributed by atoms with Crippen molar-refractivity contribution in [3.63, 3.8) is 0 Å². The van der Waals surface area contributed by atoms with Crippen molar-refractivity contribution in [1.29, 1.82) is 0 Å². The van der Waals surface area contributed by atoms with Crippen LogP contribution < -0.4 is 10.6 Å². The van der Waals surface area contributed by atoms with Crippen LogP contribution in [-0.4, -0.2) is 20.9 Å². The number of carbonyl (C=O) groups excluding carboxylic acids is 1. The molecule has 1 unspecified atom stereocenters. The molecule has 0 saturated heterocycles. The molecule has 114 valence electrons. The van der Waals surface area contributed by atoms with Crippen molar-refractivity contribution in [2.24, 2.45) is 0 Å². The number of carbonyl (C=O) groups is 1. The lowest BCUT2D eigenvalue weighted by Crippen LogP contribution is -2.14. The topological polar surface area (TPSA) is 79.8 Å². The van der Waals surface area contributed by atoms with Crippen LogP contribution in [0.4, 0.5) is 11.9 Å². The summed E-state index contributed by atoms with van der Waals surface area (Å²) in [6.45, 7) is 7.31. The lowest BCUT2D eigenvalue weighted by atomic mass is 10.2. The van der Waals surface area contributed by atoms with Gasteiger partial charge in [0, 0.05) is 11.8 Å². The number of anilines is 2. The molecule has 7 heteroatoms. The van der Waals surface area contributed by atoms with Crippen molar-refractivity contribution in [1.82, 2.24) is 15.0 Å². The maximum atomic E-state index is 11.1. The van der Waals surface area contributed by atoms with Gasteiger partial charge in [-0.15, -0.1) is 11.3 Å². The van der Waals surface area contributed by atoms with Gasteiger partial charge in [0.2, 0.25) is 17.8 Å². The second-order valence-corrected chi connectivity index (χ2v) is 5.49. The van der Waals surface area contributed by atoms with Gasteiger partial charge in [0.05, 0.1) is 6.04 Å². The minimum Gasteiger partial charge on any atom is -0.347 e. The summed E-state index contributed by atoms with van der Waals surface area (Å²) in [6.07, 6.45) is 0. The largest absolute Gasteiger partial charge is 0.347 e. The molecular formula is C14H21N5OS. The summed E-state index contributed by atoms with van der Waals surface area (Å²) in [5.74, 6) is 1.08. The van der Waals surface area contributed by atoms with Crippen LogP contribution in [0, 0.1) is 13.8 Å². The van der Waals surface area contributed by atoms with Crippen molar-refractivity contribution >= 4 is 29.1 Å². The van der Waals surface area contributed by atoms with Gasteiger partial charge in [-0.25, -0.2) is 0 Å². The van der Waals surface area contributed by atoms with E-state index in [9.17, 15) is 4.79 Å². The monoisotopic (exact) mass is 307 g/mol. The Kier molecular flexibility index (Phi) is 5.78. The van der Waals surface area contributed by atoms with Gasteiger partial charge in [0.15, 0.2) is 0 Å². The normalized spacial score (nSPS) is 11.4. The first-order chi connectivity index (χ1) is 9.45. The summed E-state index contributed by atoms with van der Waals surface area (Å²) >= 11 is 1.69. The van der Waals surface area contributed by atoms with Gasteiger partial charge in [0.25, 0.3) is 0 Å². The molecule has 0 fully saturated rings. The third kappa shape index (κ3) is 4.49. The molecule has 2 aromatic rings. The Balaban J connectivity index is 0.00000220. The smallest absolute Gasteiger partial charge is 0.234 e. The highest BCUT2D eigenvalue weighted by Crippen LogP contribution is 2.25. The lowest BCUT2D eigenvalue weighted by molar-refractivity contribution is -0.114.